The lowest BCUT2D eigenvalue weighted by Gasteiger charge is -2.15. The zero-order chi connectivity index (χ0) is 18.1. The van der Waals surface area contributed by atoms with Crippen LogP contribution in [-0.2, 0) is 6.54 Å². The molecule has 7 heteroatoms. The third kappa shape index (κ3) is 6.05. The Morgan fingerprint density at radius 2 is 2.24 bits per heavy atom. The minimum absolute atomic E-state index is 0.184. The molecule has 25 heavy (non-hydrogen) atoms. The van der Waals surface area contributed by atoms with Crippen LogP contribution in [0.1, 0.15) is 55.8 Å². The number of carbonyl (C=O) groups excluding carboxylic acids is 1. The number of aromatic nitrogens is 2. The highest BCUT2D eigenvalue weighted by molar-refractivity contribution is 6.33. The monoisotopic (exact) mass is 364 g/mol. The highest BCUT2D eigenvalue weighted by atomic mass is 35.5. The number of furan rings is 1. The molecular weight excluding hydrogens is 340 g/mol. The van der Waals surface area contributed by atoms with Gasteiger partial charge in [0.2, 0.25) is 5.95 Å². The molecule has 0 saturated heterocycles. The van der Waals surface area contributed by atoms with E-state index in [4.69, 9.17) is 16.0 Å². The maximum atomic E-state index is 12.4. The molecule has 2 heterocycles. The summed E-state index contributed by atoms with van der Waals surface area (Å²) in [5.41, 5.74) is 0.184. The van der Waals surface area contributed by atoms with Crippen molar-refractivity contribution in [2.75, 3.05) is 11.9 Å². The van der Waals surface area contributed by atoms with Crippen LogP contribution < -0.4 is 10.6 Å². The Labute approximate surface area is 153 Å². The molecule has 0 radical (unpaired) electrons. The first-order chi connectivity index (χ1) is 12.1. The van der Waals surface area contributed by atoms with E-state index >= 15 is 0 Å². The van der Waals surface area contributed by atoms with E-state index in [-0.39, 0.29) is 16.6 Å². The summed E-state index contributed by atoms with van der Waals surface area (Å²) in [6.07, 6.45) is 7.51. The molecule has 0 bridgehead atoms. The second-order valence-corrected chi connectivity index (χ2v) is 6.36. The molecule has 0 aliphatic heterocycles. The third-order valence-electron chi connectivity index (χ3n) is 4.05. The SMILES string of the molecule is CCCC[C@@H](CC)CNC(=O)c1nc(NCc2ccco2)ncc1Cl. The van der Waals surface area contributed by atoms with Crippen LogP contribution in [0.15, 0.2) is 29.0 Å². The molecule has 2 aromatic rings. The quantitative estimate of drug-likeness (QED) is 0.657. The molecule has 0 aromatic carbocycles. The van der Waals surface area contributed by atoms with Gasteiger partial charge in [0.1, 0.15) is 5.76 Å². The summed E-state index contributed by atoms with van der Waals surface area (Å²) in [6.45, 7) is 5.37. The lowest BCUT2D eigenvalue weighted by atomic mass is 9.99. The minimum atomic E-state index is -0.275. The van der Waals surface area contributed by atoms with E-state index in [1.165, 1.54) is 12.6 Å². The van der Waals surface area contributed by atoms with Gasteiger partial charge in [-0.25, -0.2) is 9.97 Å². The van der Waals surface area contributed by atoms with Crippen molar-refractivity contribution in [3.05, 3.63) is 41.1 Å². The Bertz CT molecular complexity index is 661. The number of unbranched alkanes of at least 4 members (excludes halogenated alkanes) is 1. The fourth-order valence-electron chi connectivity index (χ4n) is 2.45. The number of anilines is 1. The van der Waals surface area contributed by atoms with Crippen molar-refractivity contribution in [3.8, 4) is 0 Å². The van der Waals surface area contributed by atoms with Crippen molar-refractivity contribution in [1.29, 1.82) is 0 Å². The van der Waals surface area contributed by atoms with Gasteiger partial charge in [-0.05, 0) is 24.5 Å². The fraction of sp³-hybridized carbons (Fsp3) is 0.500. The number of halogens is 1. The van der Waals surface area contributed by atoms with Crippen LogP contribution in [0.3, 0.4) is 0 Å². The Kier molecular flexibility index (Phi) is 7.73. The molecule has 0 aliphatic rings. The normalized spacial score (nSPS) is 12.0. The van der Waals surface area contributed by atoms with E-state index in [0.29, 0.717) is 25.0 Å². The van der Waals surface area contributed by atoms with Gasteiger partial charge in [0.15, 0.2) is 5.69 Å². The standard InChI is InChI=1S/C18H25ClN4O2/c1-3-5-7-13(4-2)10-20-17(24)16-15(19)12-22-18(23-16)21-11-14-8-6-9-25-14/h6,8-9,12-13H,3-5,7,10-11H2,1-2H3,(H,20,24)(H,21,22,23)/t13-/m1/s1. The van der Waals surface area contributed by atoms with E-state index in [1.807, 2.05) is 6.07 Å². The summed E-state index contributed by atoms with van der Waals surface area (Å²) < 4.78 is 5.24. The van der Waals surface area contributed by atoms with Crippen molar-refractivity contribution >= 4 is 23.5 Å². The van der Waals surface area contributed by atoms with Crippen LogP contribution in [0, 0.1) is 5.92 Å². The van der Waals surface area contributed by atoms with Crippen molar-refractivity contribution in [1.82, 2.24) is 15.3 Å². The molecule has 0 aliphatic carbocycles. The van der Waals surface area contributed by atoms with Gasteiger partial charge < -0.3 is 15.1 Å². The molecule has 2 rings (SSSR count). The number of hydrogen-bond donors (Lipinski definition) is 2. The summed E-state index contributed by atoms with van der Waals surface area (Å²) >= 11 is 6.09. The van der Waals surface area contributed by atoms with Crippen molar-refractivity contribution in [2.24, 2.45) is 5.92 Å². The Balaban J connectivity index is 1.94. The molecule has 0 unspecified atom stereocenters. The fourth-order valence-corrected chi connectivity index (χ4v) is 2.63. The van der Waals surface area contributed by atoms with E-state index < -0.39 is 0 Å². The van der Waals surface area contributed by atoms with Gasteiger partial charge in [0.25, 0.3) is 5.91 Å². The van der Waals surface area contributed by atoms with Crippen LogP contribution in [0.25, 0.3) is 0 Å². The summed E-state index contributed by atoms with van der Waals surface area (Å²) in [5, 5.41) is 6.19. The smallest absolute Gasteiger partial charge is 0.271 e. The molecule has 136 valence electrons. The zero-order valence-corrected chi connectivity index (χ0v) is 15.5. The predicted octanol–water partition coefficient (Wildman–Crippen LogP) is 4.28. The molecule has 6 nitrogen and oxygen atoms in total. The zero-order valence-electron chi connectivity index (χ0n) is 14.7. The minimum Gasteiger partial charge on any atom is -0.467 e. The average Bonchev–Trinajstić information content (AvgIpc) is 3.14. The van der Waals surface area contributed by atoms with Gasteiger partial charge in [-0.1, -0.05) is 44.7 Å². The predicted molar refractivity (Wildman–Crippen MR) is 98.7 cm³/mol. The number of nitrogens with zero attached hydrogens (tertiary/aromatic N) is 2. The highest BCUT2D eigenvalue weighted by Gasteiger charge is 2.16. The van der Waals surface area contributed by atoms with E-state index in [1.54, 1.807) is 12.3 Å². The molecule has 0 saturated carbocycles. The van der Waals surface area contributed by atoms with E-state index in [0.717, 1.165) is 25.0 Å². The first-order valence-electron chi connectivity index (χ1n) is 8.71. The van der Waals surface area contributed by atoms with Gasteiger partial charge in [0, 0.05) is 6.54 Å². The molecule has 2 aromatic heterocycles. The Hall–Kier alpha value is -2.08. The summed E-state index contributed by atoms with van der Waals surface area (Å²) in [7, 11) is 0. The average molecular weight is 365 g/mol. The third-order valence-corrected chi connectivity index (χ3v) is 4.33. The maximum Gasteiger partial charge on any atom is 0.271 e. The second-order valence-electron chi connectivity index (χ2n) is 5.95. The number of hydrogen-bond acceptors (Lipinski definition) is 5. The number of carbonyl (C=O) groups is 1. The summed E-state index contributed by atoms with van der Waals surface area (Å²) in [4.78, 5) is 20.7. The lowest BCUT2D eigenvalue weighted by molar-refractivity contribution is 0.0941. The maximum absolute atomic E-state index is 12.4. The summed E-state index contributed by atoms with van der Waals surface area (Å²) in [6, 6.07) is 3.65. The highest BCUT2D eigenvalue weighted by Crippen LogP contribution is 2.16. The first kappa shape index (κ1) is 19.2. The largest absolute Gasteiger partial charge is 0.467 e. The van der Waals surface area contributed by atoms with Gasteiger partial charge >= 0.3 is 0 Å². The molecule has 0 fully saturated rings. The van der Waals surface area contributed by atoms with Crippen molar-refractivity contribution in [3.63, 3.8) is 0 Å². The summed E-state index contributed by atoms with van der Waals surface area (Å²) in [5.74, 6) is 1.29. The molecular formula is C18H25ClN4O2. The van der Waals surface area contributed by atoms with Crippen LogP contribution in [-0.4, -0.2) is 22.4 Å². The van der Waals surface area contributed by atoms with Gasteiger partial charge in [-0.2, -0.15) is 0 Å². The Morgan fingerprint density at radius 1 is 1.40 bits per heavy atom. The molecule has 2 N–H and O–H groups in total. The number of amides is 1. The molecule has 1 atom stereocenters. The van der Waals surface area contributed by atoms with Crippen LogP contribution >= 0.6 is 11.6 Å². The second kappa shape index (κ2) is 10.0. The molecule has 0 spiro atoms. The Morgan fingerprint density at radius 3 is 2.92 bits per heavy atom. The lowest BCUT2D eigenvalue weighted by Crippen LogP contribution is -2.30. The first-order valence-corrected chi connectivity index (χ1v) is 9.08. The van der Waals surface area contributed by atoms with Crippen molar-refractivity contribution in [2.45, 2.75) is 46.1 Å². The number of rotatable bonds is 10. The van der Waals surface area contributed by atoms with Gasteiger partial charge in [-0.15, -0.1) is 0 Å². The molecule has 1 amide bonds. The van der Waals surface area contributed by atoms with Gasteiger partial charge in [0.05, 0.1) is 24.0 Å². The van der Waals surface area contributed by atoms with E-state index in [2.05, 4.69) is 34.4 Å². The van der Waals surface area contributed by atoms with Crippen LogP contribution in [0.4, 0.5) is 5.95 Å². The van der Waals surface area contributed by atoms with Crippen LogP contribution in [0.2, 0.25) is 5.02 Å². The van der Waals surface area contributed by atoms with E-state index in [9.17, 15) is 4.79 Å². The van der Waals surface area contributed by atoms with Gasteiger partial charge in [-0.3, -0.25) is 4.79 Å². The van der Waals surface area contributed by atoms with Crippen LogP contribution in [0.5, 0.6) is 0 Å². The van der Waals surface area contributed by atoms with Crippen molar-refractivity contribution < 1.29 is 9.21 Å². The number of nitrogens with one attached hydrogen (secondary N) is 2. The topological polar surface area (TPSA) is 80.0 Å².